The van der Waals surface area contributed by atoms with Gasteiger partial charge >= 0.3 is 0 Å². The number of para-hydroxylation sites is 4. The van der Waals surface area contributed by atoms with Crippen molar-refractivity contribution in [3.63, 3.8) is 0 Å². The lowest BCUT2D eigenvalue weighted by Crippen LogP contribution is -2.36. The van der Waals surface area contributed by atoms with Crippen molar-refractivity contribution in [2.45, 2.75) is 5.41 Å². The highest BCUT2D eigenvalue weighted by Gasteiger charge is 2.52. The second kappa shape index (κ2) is 17.0. The van der Waals surface area contributed by atoms with Crippen molar-refractivity contribution >= 4 is 39.1 Å². The highest BCUT2D eigenvalue weighted by atomic mass is 16.3. The zero-order valence-corrected chi connectivity index (χ0v) is 40.3. The van der Waals surface area contributed by atoms with E-state index in [-0.39, 0.29) is 0 Å². The molecular formula is C68H42N6O. The van der Waals surface area contributed by atoms with Crippen molar-refractivity contribution in [2.75, 3.05) is 4.90 Å². The molecule has 75 heavy (non-hydrogen) atoms. The summed E-state index contributed by atoms with van der Waals surface area (Å²) in [6, 6.07) is 89.4. The Morgan fingerprint density at radius 3 is 1.51 bits per heavy atom. The molecule has 0 unspecified atom stereocenters. The van der Waals surface area contributed by atoms with Crippen LogP contribution in [0.5, 0.6) is 0 Å². The first kappa shape index (κ1) is 42.6. The van der Waals surface area contributed by atoms with E-state index in [1.807, 2.05) is 60.7 Å². The van der Waals surface area contributed by atoms with Crippen molar-refractivity contribution < 1.29 is 4.42 Å². The molecule has 0 radical (unpaired) electrons. The zero-order chi connectivity index (χ0) is 49.5. The van der Waals surface area contributed by atoms with E-state index in [4.69, 9.17) is 29.3 Å². The number of fused-ring (bicyclic) bond motifs is 12. The zero-order valence-electron chi connectivity index (χ0n) is 40.3. The fourth-order valence-corrected chi connectivity index (χ4v) is 11.7. The molecule has 13 aromatic rings. The van der Waals surface area contributed by atoms with E-state index >= 15 is 0 Å². The molecule has 350 valence electrons. The maximum Gasteiger partial charge on any atom is 0.180 e. The molecule has 0 N–H and O–H groups in total. The first-order valence-electron chi connectivity index (χ1n) is 25.2. The number of aromatic nitrogens is 5. The third-order valence-electron chi connectivity index (χ3n) is 15.0. The normalized spacial score (nSPS) is 12.9. The lowest BCUT2D eigenvalue weighted by molar-refractivity contribution is 0.667. The largest absolute Gasteiger partial charge is 0.452 e. The Morgan fingerprint density at radius 1 is 0.333 bits per heavy atom. The minimum absolute atomic E-state index is 0.583. The number of rotatable bonds is 7. The van der Waals surface area contributed by atoms with Crippen LogP contribution in [0.2, 0.25) is 0 Å². The summed E-state index contributed by atoms with van der Waals surface area (Å²) in [6.45, 7) is 0. The van der Waals surface area contributed by atoms with Crippen LogP contribution in [-0.4, -0.2) is 24.9 Å². The molecule has 1 spiro atoms. The summed E-state index contributed by atoms with van der Waals surface area (Å²) < 4.78 is 6.65. The molecule has 0 atom stereocenters. The minimum Gasteiger partial charge on any atom is -0.452 e. The van der Waals surface area contributed by atoms with E-state index in [1.165, 1.54) is 11.1 Å². The molecule has 3 aromatic heterocycles. The second-order valence-electron chi connectivity index (χ2n) is 19.1. The molecule has 0 amide bonds. The number of benzene rings is 10. The molecule has 2 aliphatic rings. The molecule has 7 heteroatoms. The van der Waals surface area contributed by atoms with E-state index in [9.17, 15) is 0 Å². The maximum atomic E-state index is 6.65. The fraction of sp³-hybridized carbons (Fsp3) is 0.0147. The smallest absolute Gasteiger partial charge is 0.180 e. The fourth-order valence-electron chi connectivity index (χ4n) is 11.7. The van der Waals surface area contributed by atoms with Gasteiger partial charge in [0.05, 0.1) is 16.8 Å². The van der Waals surface area contributed by atoms with Gasteiger partial charge < -0.3 is 9.32 Å². The Kier molecular flexibility index (Phi) is 9.65. The van der Waals surface area contributed by atoms with Crippen molar-refractivity contribution in [3.05, 3.63) is 277 Å². The summed E-state index contributed by atoms with van der Waals surface area (Å²) in [5.74, 6) is 2.38. The topological polar surface area (TPSA) is 80.8 Å². The molecule has 10 aromatic carbocycles. The van der Waals surface area contributed by atoms with Crippen LogP contribution in [0, 0.1) is 0 Å². The highest BCUT2D eigenvalue weighted by molar-refractivity contribution is 6.07. The molecule has 7 nitrogen and oxygen atoms in total. The van der Waals surface area contributed by atoms with Crippen LogP contribution in [0.25, 0.3) is 101 Å². The predicted octanol–water partition coefficient (Wildman–Crippen LogP) is 16.7. The molecule has 0 saturated heterocycles. The number of furan rings is 1. The summed E-state index contributed by atoms with van der Waals surface area (Å²) in [7, 11) is 0. The Morgan fingerprint density at radius 2 is 0.840 bits per heavy atom. The Balaban J connectivity index is 1.01. The standard InChI is InChI=1S/C68H42N6O/c1-5-20-43(21-6-1)44-36-38-45(39-37-44)61-63-62(50-28-13-18-35-59(50)75-63)70-66(69-61)48-40-41-53-52(42-48)60-51(67-72-64(46-22-7-2-8-23-46)71-65(73-67)47-24-9-3-10-25-47)29-19-32-56(60)68(53)54-30-14-16-33-57(54)74(49-26-11-4-12-27-49)58-34-17-15-31-55(58)68/h1-42H. The highest BCUT2D eigenvalue weighted by Crippen LogP contribution is 2.64. The van der Waals surface area contributed by atoms with Gasteiger partial charge in [-0.15, -0.1) is 0 Å². The number of hydrogen-bond donors (Lipinski definition) is 0. The Bertz CT molecular complexity index is 4240. The van der Waals surface area contributed by atoms with E-state index in [1.54, 1.807) is 0 Å². The first-order chi connectivity index (χ1) is 37.2. The van der Waals surface area contributed by atoms with Gasteiger partial charge in [-0.05, 0) is 87.0 Å². The molecule has 0 saturated carbocycles. The van der Waals surface area contributed by atoms with E-state index in [0.29, 0.717) is 28.9 Å². The molecule has 0 bridgehead atoms. The lowest BCUT2D eigenvalue weighted by Gasteiger charge is -2.45. The number of nitrogens with zero attached hydrogens (tertiary/aromatic N) is 6. The summed E-state index contributed by atoms with van der Waals surface area (Å²) >= 11 is 0. The van der Waals surface area contributed by atoms with Gasteiger partial charge in [0.2, 0.25) is 0 Å². The van der Waals surface area contributed by atoms with Crippen LogP contribution >= 0.6 is 0 Å². The molecule has 1 aliphatic carbocycles. The number of anilines is 3. The summed E-state index contributed by atoms with van der Waals surface area (Å²) in [6.07, 6.45) is 0. The molecular weight excluding hydrogens is 917 g/mol. The minimum atomic E-state index is -0.757. The Labute approximate surface area is 432 Å². The van der Waals surface area contributed by atoms with Gasteiger partial charge in [0.1, 0.15) is 16.8 Å². The molecule has 15 rings (SSSR count). The average Bonchev–Trinajstić information content (AvgIpc) is 4.06. The third-order valence-corrected chi connectivity index (χ3v) is 15.0. The quantitative estimate of drug-likeness (QED) is 0.157. The van der Waals surface area contributed by atoms with Crippen LogP contribution in [0.15, 0.2) is 259 Å². The Hall–Kier alpha value is -10.1. The predicted molar refractivity (Wildman–Crippen MR) is 301 cm³/mol. The van der Waals surface area contributed by atoms with Gasteiger partial charge in [-0.25, -0.2) is 24.9 Å². The monoisotopic (exact) mass is 958 g/mol. The van der Waals surface area contributed by atoms with Crippen molar-refractivity contribution in [1.82, 2.24) is 24.9 Å². The summed E-state index contributed by atoms with van der Waals surface area (Å²) in [5, 5.41) is 0.933. The van der Waals surface area contributed by atoms with Gasteiger partial charge in [-0.1, -0.05) is 212 Å². The second-order valence-corrected chi connectivity index (χ2v) is 19.1. The van der Waals surface area contributed by atoms with Gasteiger partial charge in [0.25, 0.3) is 0 Å². The van der Waals surface area contributed by atoms with Crippen molar-refractivity contribution in [3.8, 4) is 79.1 Å². The molecule has 4 heterocycles. The van der Waals surface area contributed by atoms with Crippen LogP contribution in [-0.2, 0) is 5.41 Å². The molecule has 1 aliphatic heterocycles. The van der Waals surface area contributed by atoms with Crippen molar-refractivity contribution in [1.29, 1.82) is 0 Å². The van der Waals surface area contributed by atoms with E-state index in [2.05, 4.69) is 199 Å². The lowest BCUT2D eigenvalue weighted by atomic mass is 9.64. The third kappa shape index (κ3) is 6.65. The van der Waals surface area contributed by atoms with Crippen LogP contribution < -0.4 is 4.90 Å². The molecule has 0 fully saturated rings. The summed E-state index contributed by atoms with van der Waals surface area (Å²) in [5.41, 5.74) is 19.0. The average molecular weight is 959 g/mol. The van der Waals surface area contributed by atoms with Crippen LogP contribution in [0.3, 0.4) is 0 Å². The van der Waals surface area contributed by atoms with Crippen LogP contribution in [0.1, 0.15) is 22.3 Å². The maximum absolute atomic E-state index is 6.65. The van der Waals surface area contributed by atoms with Gasteiger partial charge in [0, 0.05) is 38.9 Å². The van der Waals surface area contributed by atoms with Crippen molar-refractivity contribution in [2.24, 2.45) is 0 Å². The van der Waals surface area contributed by atoms with Gasteiger partial charge in [-0.2, -0.15) is 0 Å². The first-order valence-corrected chi connectivity index (χ1v) is 25.2. The number of hydrogen-bond acceptors (Lipinski definition) is 7. The van der Waals surface area contributed by atoms with Gasteiger partial charge in [-0.3, -0.25) is 0 Å². The van der Waals surface area contributed by atoms with E-state index in [0.717, 1.165) is 100 Å². The SMILES string of the molecule is c1ccc(-c2ccc(-c3nc(-c4ccc5c(c4)-c4c(-c6nc(-c7ccccc7)nc(-c7ccccc7)n6)cccc4C54c5ccccc5N(c5ccccc5)c5ccccc54)nc4c3oc3ccccc34)cc2)cc1. The van der Waals surface area contributed by atoms with Gasteiger partial charge in [0.15, 0.2) is 28.9 Å². The van der Waals surface area contributed by atoms with Crippen LogP contribution in [0.4, 0.5) is 17.1 Å². The summed E-state index contributed by atoms with van der Waals surface area (Å²) in [4.78, 5) is 29.1. The van der Waals surface area contributed by atoms with E-state index < -0.39 is 5.41 Å².